The Labute approximate surface area is 68.8 Å². The number of hydrazone groups is 1. The predicted octanol–water partition coefficient (Wildman–Crippen LogP) is -0.575. The van der Waals surface area contributed by atoms with Crippen LogP contribution in [0.15, 0.2) is 5.10 Å². The fourth-order valence-corrected chi connectivity index (χ4v) is 1.55. The van der Waals surface area contributed by atoms with Crippen molar-refractivity contribution < 1.29 is 4.79 Å². The molecule has 0 aliphatic carbocycles. The van der Waals surface area contributed by atoms with Crippen molar-refractivity contribution in [2.24, 2.45) is 10.9 Å². The first-order valence-corrected chi connectivity index (χ1v) is 3.92. The Balaban J connectivity index is 2.73. The molecule has 0 aromatic rings. The smallest absolute Gasteiger partial charge is 0.239 e. The summed E-state index contributed by atoms with van der Waals surface area (Å²) in [5, 5.41) is 3.93. The molecular formula is C6H7N3OS. The van der Waals surface area contributed by atoms with Crippen LogP contribution in [0.25, 0.3) is 0 Å². The van der Waals surface area contributed by atoms with E-state index in [4.69, 9.17) is 12.3 Å². The van der Waals surface area contributed by atoms with Crippen LogP contribution in [0.4, 0.5) is 0 Å². The molecule has 1 fully saturated rings. The van der Waals surface area contributed by atoms with E-state index in [2.05, 4.69) is 11.0 Å². The van der Waals surface area contributed by atoms with Gasteiger partial charge in [-0.3, -0.25) is 9.69 Å². The lowest BCUT2D eigenvalue weighted by atomic mass is 10.5. The van der Waals surface area contributed by atoms with Crippen LogP contribution >= 0.6 is 11.8 Å². The first-order valence-electron chi connectivity index (χ1n) is 2.94. The molecule has 1 rings (SSSR count). The van der Waals surface area contributed by atoms with Gasteiger partial charge in [0.2, 0.25) is 5.91 Å². The molecule has 4 nitrogen and oxygen atoms in total. The van der Waals surface area contributed by atoms with Gasteiger partial charge in [0.05, 0.1) is 12.3 Å². The number of nitrogens with zero attached hydrogens (tertiary/aromatic N) is 2. The lowest BCUT2D eigenvalue weighted by Gasteiger charge is -2.09. The second-order valence-electron chi connectivity index (χ2n) is 1.88. The summed E-state index contributed by atoms with van der Waals surface area (Å²) in [5.74, 6) is 7.74. The van der Waals surface area contributed by atoms with Crippen molar-refractivity contribution in [1.82, 2.24) is 4.90 Å². The molecular weight excluding hydrogens is 162 g/mol. The fourth-order valence-electron chi connectivity index (χ4n) is 0.743. The van der Waals surface area contributed by atoms with Crippen LogP contribution < -0.4 is 5.84 Å². The Morgan fingerprint density at radius 3 is 3.18 bits per heavy atom. The number of thioether (sulfide) groups is 1. The Morgan fingerprint density at radius 2 is 2.64 bits per heavy atom. The van der Waals surface area contributed by atoms with E-state index in [1.807, 2.05) is 0 Å². The van der Waals surface area contributed by atoms with E-state index in [1.165, 1.54) is 16.7 Å². The minimum Gasteiger partial charge on any atom is -0.321 e. The third-order valence-corrected chi connectivity index (χ3v) is 2.19. The number of hydrogen-bond acceptors (Lipinski definition) is 4. The first-order chi connectivity index (χ1) is 5.29. The number of hydrogen-bond donors (Lipinski definition) is 1. The van der Waals surface area contributed by atoms with Gasteiger partial charge in [-0.25, -0.2) is 0 Å². The van der Waals surface area contributed by atoms with Gasteiger partial charge in [0.15, 0.2) is 5.17 Å². The van der Waals surface area contributed by atoms with Crippen LogP contribution in [-0.4, -0.2) is 28.3 Å². The summed E-state index contributed by atoms with van der Waals surface area (Å²) in [6, 6.07) is 0. The number of carbonyl (C=O) groups excluding carboxylic acids is 1. The Hall–Kier alpha value is -1.15. The van der Waals surface area contributed by atoms with Crippen molar-refractivity contribution in [2.75, 3.05) is 12.3 Å². The summed E-state index contributed by atoms with van der Waals surface area (Å²) < 4.78 is 0. The Kier molecular flexibility index (Phi) is 2.39. The maximum atomic E-state index is 11.0. The van der Waals surface area contributed by atoms with Gasteiger partial charge in [-0.2, -0.15) is 5.10 Å². The van der Waals surface area contributed by atoms with Gasteiger partial charge in [0.1, 0.15) is 0 Å². The second-order valence-corrected chi connectivity index (χ2v) is 2.83. The molecule has 1 saturated heterocycles. The lowest BCUT2D eigenvalue weighted by Crippen LogP contribution is -2.30. The molecule has 11 heavy (non-hydrogen) atoms. The quantitative estimate of drug-likeness (QED) is 0.325. The van der Waals surface area contributed by atoms with Gasteiger partial charge in [0.25, 0.3) is 0 Å². The van der Waals surface area contributed by atoms with Crippen LogP contribution in [0.2, 0.25) is 0 Å². The highest BCUT2D eigenvalue weighted by atomic mass is 32.2. The van der Waals surface area contributed by atoms with Gasteiger partial charge in [0, 0.05) is 0 Å². The van der Waals surface area contributed by atoms with E-state index in [0.717, 1.165) is 0 Å². The topological polar surface area (TPSA) is 58.7 Å². The van der Waals surface area contributed by atoms with Crippen molar-refractivity contribution in [3.63, 3.8) is 0 Å². The lowest BCUT2D eigenvalue weighted by molar-refractivity contribution is -0.123. The standard InChI is InChI=1S/C6H7N3OS/c1-2-3-9-5(10)4-11-6(9)8-7/h1H,3-4,7H2/b8-6-. The number of carbonyl (C=O) groups is 1. The average molecular weight is 169 g/mol. The van der Waals surface area contributed by atoms with Gasteiger partial charge < -0.3 is 5.84 Å². The first kappa shape index (κ1) is 7.95. The van der Waals surface area contributed by atoms with Gasteiger partial charge in [-0.05, 0) is 0 Å². The maximum Gasteiger partial charge on any atom is 0.239 e. The fraction of sp³-hybridized carbons (Fsp3) is 0.333. The summed E-state index contributed by atoms with van der Waals surface area (Å²) in [5.41, 5.74) is 0. The molecule has 0 aromatic heterocycles. The molecule has 0 unspecified atom stereocenters. The molecule has 1 aliphatic rings. The van der Waals surface area contributed by atoms with Gasteiger partial charge >= 0.3 is 0 Å². The summed E-state index contributed by atoms with van der Waals surface area (Å²) >= 11 is 1.30. The summed E-state index contributed by atoms with van der Waals surface area (Å²) in [4.78, 5) is 12.4. The predicted molar refractivity (Wildman–Crippen MR) is 44.6 cm³/mol. The van der Waals surface area contributed by atoms with Crippen LogP contribution in [0, 0.1) is 12.3 Å². The van der Waals surface area contributed by atoms with Crippen molar-refractivity contribution in [3.8, 4) is 12.3 Å². The molecule has 0 saturated carbocycles. The number of rotatable bonds is 1. The zero-order chi connectivity index (χ0) is 8.27. The third-order valence-electron chi connectivity index (χ3n) is 1.22. The van der Waals surface area contributed by atoms with Crippen molar-refractivity contribution in [3.05, 3.63) is 0 Å². The van der Waals surface area contributed by atoms with E-state index in [1.54, 1.807) is 0 Å². The molecule has 0 atom stereocenters. The molecule has 2 N–H and O–H groups in total. The molecule has 1 heterocycles. The van der Waals surface area contributed by atoms with E-state index in [-0.39, 0.29) is 12.5 Å². The maximum absolute atomic E-state index is 11.0. The number of nitrogens with two attached hydrogens (primary N) is 1. The normalized spacial score (nSPS) is 20.8. The number of terminal acetylenes is 1. The minimum atomic E-state index is -0.0304. The van der Waals surface area contributed by atoms with Crippen LogP contribution in [0.1, 0.15) is 0 Å². The Morgan fingerprint density at radius 1 is 1.91 bits per heavy atom. The highest BCUT2D eigenvalue weighted by Crippen LogP contribution is 2.17. The van der Waals surface area contributed by atoms with E-state index in [0.29, 0.717) is 10.9 Å². The van der Waals surface area contributed by atoms with Crippen LogP contribution in [0.3, 0.4) is 0 Å². The van der Waals surface area contributed by atoms with Crippen LogP contribution in [0.5, 0.6) is 0 Å². The number of amidine groups is 1. The average Bonchev–Trinajstić information content (AvgIpc) is 2.34. The van der Waals surface area contributed by atoms with Gasteiger partial charge in [-0.1, -0.05) is 17.7 Å². The molecule has 1 amide bonds. The monoisotopic (exact) mass is 169 g/mol. The zero-order valence-electron chi connectivity index (χ0n) is 5.78. The highest BCUT2D eigenvalue weighted by Gasteiger charge is 2.26. The second kappa shape index (κ2) is 3.30. The summed E-state index contributed by atoms with van der Waals surface area (Å²) in [6.45, 7) is 0.252. The van der Waals surface area contributed by atoms with Crippen molar-refractivity contribution in [1.29, 1.82) is 0 Å². The zero-order valence-corrected chi connectivity index (χ0v) is 6.60. The molecule has 0 spiro atoms. The van der Waals surface area contributed by atoms with E-state index >= 15 is 0 Å². The molecule has 0 bridgehead atoms. The Bertz CT molecular complexity index is 243. The van der Waals surface area contributed by atoms with E-state index in [9.17, 15) is 4.79 Å². The van der Waals surface area contributed by atoms with Crippen LogP contribution in [-0.2, 0) is 4.79 Å². The summed E-state index contributed by atoms with van der Waals surface area (Å²) in [6.07, 6.45) is 5.04. The summed E-state index contributed by atoms with van der Waals surface area (Å²) in [7, 11) is 0. The SMILES string of the molecule is C#CCN1C(=O)CS/C1=N\N. The minimum absolute atomic E-state index is 0.0304. The molecule has 0 radical (unpaired) electrons. The molecule has 1 aliphatic heterocycles. The van der Waals surface area contributed by atoms with Gasteiger partial charge in [-0.15, -0.1) is 6.42 Å². The molecule has 0 aromatic carbocycles. The number of amides is 1. The van der Waals surface area contributed by atoms with Crippen molar-refractivity contribution >= 4 is 22.8 Å². The highest BCUT2D eigenvalue weighted by molar-refractivity contribution is 8.15. The third kappa shape index (κ3) is 1.46. The molecule has 58 valence electrons. The van der Waals surface area contributed by atoms with Crippen molar-refractivity contribution in [2.45, 2.75) is 0 Å². The largest absolute Gasteiger partial charge is 0.321 e. The molecule has 5 heteroatoms. The van der Waals surface area contributed by atoms with E-state index < -0.39 is 0 Å².